The first kappa shape index (κ1) is 43.5. The molecule has 2 saturated carbocycles. The van der Waals surface area contributed by atoms with Gasteiger partial charge < -0.3 is 24.3 Å². The zero-order valence-electron chi connectivity index (χ0n) is 36.5. The van der Waals surface area contributed by atoms with Crippen molar-refractivity contribution in [2.75, 3.05) is 37.0 Å². The van der Waals surface area contributed by atoms with Gasteiger partial charge in [0.2, 0.25) is 17.7 Å². The molecule has 6 heterocycles. The molecular weight excluding hydrogens is 827 g/mol. The van der Waals surface area contributed by atoms with Crippen LogP contribution in [0.4, 0.5) is 20.3 Å². The number of anilines is 2. The van der Waals surface area contributed by atoms with Gasteiger partial charge in [-0.2, -0.15) is 5.10 Å². The van der Waals surface area contributed by atoms with Crippen LogP contribution in [-0.4, -0.2) is 96.4 Å². The maximum atomic E-state index is 14.2. The first-order valence-corrected chi connectivity index (χ1v) is 22.6. The number of halogens is 2. The summed E-state index contributed by atoms with van der Waals surface area (Å²) in [4.78, 5) is 64.4. The smallest absolute Gasteiger partial charge is 0.329 e. The van der Waals surface area contributed by atoms with E-state index in [4.69, 9.17) is 9.15 Å². The number of hydrogen-bond donors (Lipinski definition) is 2. The van der Waals surface area contributed by atoms with Crippen molar-refractivity contribution in [1.82, 2.24) is 39.1 Å². The van der Waals surface area contributed by atoms with Crippen LogP contribution < -0.4 is 21.2 Å². The van der Waals surface area contributed by atoms with Crippen molar-refractivity contribution < 1.29 is 32.3 Å². The predicted molar refractivity (Wildman–Crippen MR) is 234 cm³/mol. The Morgan fingerprint density at radius 3 is 2.56 bits per heavy atom. The zero-order chi connectivity index (χ0) is 44.6. The Hall–Kier alpha value is -5.75. The van der Waals surface area contributed by atoms with E-state index in [9.17, 15) is 28.0 Å². The van der Waals surface area contributed by atoms with Gasteiger partial charge in [0.15, 0.2) is 11.4 Å². The number of imidazole rings is 1. The molecule has 64 heavy (non-hydrogen) atoms. The molecule has 18 heteroatoms. The van der Waals surface area contributed by atoms with E-state index in [1.165, 1.54) is 17.0 Å². The monoisotopic (exact) mass is 882 g/mol. The maximum absolute atomic E-state index is 14.2. The molecule has 5 aromatic rings. The number of likely N-dealkylation sites (tertiary alicyclic amines) is 1. The van der Waals surface area contributed by atoms with E-state index >= 15 is 0 Å². The van der Waals surface area contributed by atoms with Gasteiger partial charge in [-0.25, -0.2) is 23.5 Å². The number of rotatable bonds is 15. The molecule has 2 atom stereocenters. The topological polar surface area (TPSA) is 175 Å². The van der Waals surface area contributed by atoms with Gasteiger partial charge in [-0.1, -0.05) is 12.1 Å². The highest BCUT2D eigenvalue weighted by Gasteiger charge is 2.34. The third-order valence-corrected chi connectivity index (χ3v) is 13.9. The molecule has 1 aromatic carbocycles. The lowest BCUT2D eigenvalue weighted by atomic mass is 9.81. The number of aromatic nitrogens is 6. The number of benzene rings is 1. The number of alkyl halides is 2. The molecule has 2 aliphatic heterocycles. The van der Waals surface area contributed by atoms with Crippen molar-refractivity contribution >= 4 is 40.3 Å². The predicted octanol–water partition coefficient (Wildman–Crippen LogP) is 6.59. The molecule has 4 aromatic heterocycles. The minimum absolute atomic E-state index is 0.0246. The van der Waals surface area contributed by atoms with Gasteiger partial charge in [0.1, 0.15) is 18.1 Å². The number of carbonyl (C=O) groups is 3. The Kier molecular flexibility index (Phi) is 12.5. The zero-order valence-corrected chi connectivity index (χ0v) is 36.5. The quantitative estimate of drug-likeness (QED) is 0.0858. The van der Waals surface area contributed by atoms with Crippen LogP contribution in [0.15, 0.2) is 58.2 Å². The molecule has 2 N–H and O–H groups in total. The Bertz CT molecular complexity index is 2560. The van der Waals surface area contributed by atoms with E-state index in [1.54, 1.807) is 28.6 Å². The first-order valence-electron chi connectivity index (χ1n) is 22.6. The van der Waals surface area contributed by atoms with Gasteiger partial charge in [-0.15, -0.1) is 0 Å². The summed E-state index contributed by atoms with van der Waals surface area (Å²) in [6.45, 7) is 4.77. The van der Waals surface area contributed by atoms with E-state index in [0.717, 1.165) is 94.2 Å². The number of hydrogen-bond acceptors (Lipinski definition) is 11. The van der Waals surface area contributed by atoms with Crippen LogP contribution in [-0.2, 0) is 27.8 Å². The summed E-state index contributed by atoms with van der Waals surface area (Å²) in [6, 6.07) is 9.45. The Morgan fingerprint density at radius 2 is 1.83 bits per heavy atom. The minimum atomic E-state index is -2.87. The number of amides is 3. The van der Waals surface area contributed by atoms with Crippen molar-refractivity contribution in [2.45, 2.75) is 121 Å². The van der Waals surface area contributed by atoms with Gasteiger partial charge >= 0.3 is 5.69 Å². The lowest BCUT2D eigenvalue weighted by Crippen LogP contribution is -2.46. The molecule has 16 nitrogen and oxygen atoms in total. The molecule has 9 rings (SSSR count). The second-order valence-corrected chi connectivity index (χ2v) is 17.9. The number of piperidine rings is 2. The third-order valence-electron chi connectivity index (χ3n) is 13.9. The summed E-state index contributed by atoms with van der Waals surface area (Å²) in [5, 5.41) is 9.25. The van der Waals surface area contributed by atoms with Crippen molar-refractivity contribution in [3.8, 4) is 11.5 Å². The van der Waals surface area contributed by atoms with Crippen molar-refractivity contribution in [3.63, 3.8) is 0 Å². The Labute approximate surface area is 369 Å². The van der Waals surface area contributed by atoms with Crippen LogP contribution >= 0.6 is 0 Å². The fraction of sp³-hybridized carbons (Fsp3) is 0.543. The second kappa shape index (κ2) is 18.4. The van der Waals surface area contributed by atoms with Gasteiger partial charge in [0.25, 0.3) is 12.3 Å². The highest BCUT2D eigenvalue weighted by Crippen LogP contribution is 2.38. The van der Waals surface area contributed by atoms with Gasteiger partial charge in [0.05, 0.1) is 28.9 Å². The van der Waals surface area contributed by atoms with Crippen LogP contribution in [0.1, 0.15) is 118 Å². The summed E-state index contributed by atoms with van der Waals surface area (Å²) in [6.07, 6.45) is 11.3. The summed E-state index contributed by atoms with van der Waals surface area (Å²) < 4.78 is 45.2. The van der Waals surface area contributed by atoms with Gasteiger partial charge in [-0.05, 0) is 107 Å². The highest BCUT2D eigenvalue weighted by atomic mass is 19.3. The highest BCUT2D eigenvalue weighted by molar-refractivity contribution is 6.03. The standard InChI is InChI=1S/C46H56F2N10O6/c1-27(56-21-18-33(19-22-56)63-23-5-7-29-6-4-8-36-41(29)55(3)46(62)58(36)37-15-16-39(59)52-44(37)61)28-9-11-32(12-10-28)57-25-34(40(53-57)42(47)48)50-43(60)35-26-64-45(51-35)30-17-20-49-38(24-30)54(2)31-13-14-31/h4,6,8,17,20,24-28,31-33,37,42H,5,7,9-16,18-19,21-23H2,1-3H3,(H,50,60)(H,52,59,61). The van der Waals surface area contributed by atoms with Crippen LogP contribution in [0.5, 0.6) is 0 Å². The number of para-hydroxylation sites is 1. The molecule has 0 bridgehead atoms. The number of nitrogens with one attached hydrogen (secondary N) is 2. The number of pyridine rings is 1. The molecule has 340 valence electrons. The summed E-state index contributed by atoms with van der Waals surface area (Å²) in [5.41, 5.74) is 2.38. The SMILES string of the molecule is CC(C1CCC(n2cc(NC(=O)c3coc(-c4ccnc(N(C)C5CC5)c4)n3)c(C(F)F)n2)CC1)N1CCC(OCCCc2cccc3c2n(C)c(=O)n3C2CCC(=O)NC2=O)CC1. The second-order valence-electron chi connectivity index (χ2n) is 17.9. The molecule has 4 aliphatic rings. The first-order chi connectivity index (χ1) is 30.9. The molecule has 2 unspecified atom stereocenters. The van der Waals surface area contributed by atoms with E-state index in [0.29, 0.717) is 42.1 Å². The van der Waals surface area contributed by atoms with Crippen LogP contribution in [0.3, 0.4) is 0 Å². The minimum Gasteiger partial charge on any atom is -0.444 e. The molecule has 4 fully saturated rings. The summed E-state index contributed by atoms with van der Waals surface area (Å²) in [5.74, 6) is 0.0727. The van der Waals surface area contributed by atoms with E-state index < -0.39 is 30.0 Å². The Morgan fingerprint density at radius 1 is 1.05 bits per heavy atom. The molecular formula is C46H56F2N10O6. The fourth-order valence-electron chi connectivity index (χ4n) is 10.0. The van der Waals surface area contributed by atoms with Crippen LogP contribution in [0.25, 0.3) is 22.5 Å². The fourth-order valence-corrected chi connectivity index (χ4v) is 10.0. The lowest BCUT2D eigenvalue weighted by molar-refractivity contribution is -0.135. The number of imide groups is 1. The molecule has 2 aliphatic carbocycles. The molecule has 0 radical (unpaired) electrons. The number of nitrogens with zero attached hydrogens (tertiary/aromatic N) is 8. The van der Waals surface area contributed by atoms with Crippen LogP contribution in [0, 0.1) is 5.92 Å². The van der Waals surface area contributed by atoms with Crippen molar-refractivity contribution in [3.05, 3.63) is 76.4 Å². The number of ether oxygens (including phenoxy) is 1. The van der Waals surface area contributed by atoms with E-state index in [-0.39, 0.29) is 47.4 Å². The number of oxazole rings is 1. The summed E-state index contributed by atoms with van der Waals surface area (Å²) >= 11 is 0. The number of fused-ring (bicyclic) bond motifs is 1. The van der Waals surface area contributed by atoms with Gasteiger partial charge in [0, 0.05) is 70.3 Å². The molecule has 3 amide bonds. The molecule has 0 spiro atoms. The van der Waals surface area contributed by atoms with E-state index in [2.05, 4.69) is 42.4 Å². The Balaban J connectivity index is 0.731. The summed E-state index contributed by atoms with van der Waals surface area (Å²) in [7, 11) is 3.71. The van der Waals surface area contributed by atoms with Crippen LogP contribution in [0.2, 0.25) is 0 Å². The number of aryl methyl sites for hydroxylation is 2. The maximum Gasteiger partial charge on any atom is 0.329 e. The molecule has 2 saturated heterocycles. The largest absolute Gasteiger partial charge is 0.444 e. The van der Waals surface area contributed by atoms with E-state index in [1.807, 2.05) is 31.3 Å². The van der Waals surface area contributed by atoms with Crippen molar-refractivity contribution in [2.24, 2.45) is 13.0 Å². The number of carbonyl (C=O) groups excluding carboxylic acids is 3. The average molecular weight is 883 g/mol. The van der Waals surface area contributed by atoms with Gasteiger partial charge in [-0.3, -0.25) is 33.5 Å². The normalized spacial score (nSPS) is 21.7. The third kappa shape index (κ3) is 8.98. The van der Waals surface area contributed by atoms with Crippen molar-refractivity contribution in [1.29, 1.82) is 0 Å². The lowest BCUT2D eigenvalue weighted by Gasteiger charge is -2.41. The average Bonchev–Trinajstić information content (AvgIpc) is 3.77.